The largest absolute Gasteiger partial charge is 0.495 e. The maximum absolute atomic E-state index is 12.6. The Morgan fingerprint density at radius 1 is 1.30 bits per heavy atom. The highest BCUT2D eigenvalue weighted by Gasteiger charge is 2.38. The minimum atomic E-state index is -0.596. The zero-order valence-corrected chi connectivity index (χ0v) is 18.1. The predicted molar refractivity (Wildman–Crippen MR) is 117 cm³/mol. The van der Waals surface area contributed by atoms with Crippen LogP contribution in [0.1, 0.15) is 31.9 Å². The second-order valence-corrected chi connectivity index (χ2v) is 8.28. The van der Waals surface area contributed by atoms with E-state index in [1.54, 1.807) is 37.6 Å². The number of anilines is 1. The van der Waals surface area contributed by atoms with Gasteiger partial charge in [-0.2, -0.15) is 5.26 Å². The van der Waals surface area contributed by atoms with E-state index < -0.39 is 5.54 Å². The number of carbonyl (C=O) groups is 1. The van der Waals surface area contributed by atoms with E-state index >= 15 is 0 Å². The third kappa shape index (κ3) is 5.21. The summed E-state index contributed by atoms with van der Waals surface area (Å²) in [6, 6.07) is 12.7. The Labute approximate surface area is 182 Å². The van der Waals surface area contributed by atoms with Crippen molar-refractivity contribution in [2.45, 2.75) is 37.8 Å². The molecule has 1 saturated heterocycles. The van der Waals surface area contributed by atoms with Gasteiger partial charge in [-0.1, -0.05) is 11.6 Å². The number of halogens is 1. The molecule has 1 aliphatic heterocycles. The quantitative estimate of drug-likeness (QED) is 0.751. The Balaban J connectivity index is 1.77. The molecule has 1 aliphatic rings. The van der Waals surface area contributed by atoms with Crippen molar-refractivity contribution in [2.24, 2.45) is 0 Å². The molecule has 0 radical (unpaired) electrons. The van der Waals surface area contributed by atoms with Crippen molar-refractivity contribution in [3.63, 3.8) is 0 Å². The lowest BCUT2D eigenvalue weighted by Gasteiger charge is -2.43. The highest BCUT2D eigenvalue weighted by atomic mass is 35.5. The molecule has 0 saturated carbocycles. The molecule has 2 amide bonds. The average Bonchev–Trinajstić information content (AvgIpc) is 2.75. The van der Waals surface area contributed by atoms with Crippen molar-refractivity contribution in [2.75, 3.05) is 25.5 Å². The zero-order chi connectivity index (χ0) is 21.7. The molecule has 1 fully saturated rings. The van der Waals surface area contributed by atoms with Crippen LogP contribution in [0, 0.1) is 11.3 Å². The van der Waals surface area contributed by atoms with Gasteiger partial charge in [0, 0.05) is 41.5 Å². The standard InChI is InChI=1S/C22H26ClN5O2/c1-22(2,14-24)28-11-10-20(18(13-28)19-9-8-17(30-3)12-25-19)27-21(29)26-16-6-4-15(23)5-7-16/h4-9,12,18,20H,10-11,13H2,1-3H3,(H2,26,27,29). The molecule has 2 aromatic rings. The Hall–Kier alpha value is -2.82. The number of pyridine rings is 1. The third-order valence-electron chi connectivity index (χ3n) is 5.47. The van der Waals surface area contributed by atoms with Crippen molar-refractivity contribution < 1.29 is 9.53 Å². The van der Waals surface area contributed by atoms with Crippen molar-refractivity contribution in [3.05, 3.63) is 53.3 Å². The van der Waals surface area contributed by atoms with Crippen molar-refractivity contribution in [3.8, 4) is 11.8 Å². The maximum atomic E-state index is 12.6. The fraction of sp³-hybridized carbons (Fsp3) is 0.409. The molecule has 0 aliphatic carbocycles. The fourth-order valence-electron chi connectivity index (χ4n) is 3.60. The summed E-state index contributed by atoms with van der Waals surface area (Å²) < 4.78 is 5.21. The lowest BCUT2D eigenvalue weighted by molar-refractivity contribution is 0.106. The number of hydrogen-bond acceptors (Lipinski definition) is 5. The fourth-order valence-corrected chi connectivity index (χ4v) is 3.73. The van der Waals surface area contributed by atoms with Crippen LogP contribution in [0.4, 0.5) is 10.5 Å². The minimum absolute atomic E-state index is 0.0618. The van der Waals surface area contributed by atoms with Crippen molar-refractivity contribution >= 4 is 23.3 Å². The first-order valence-electron chi connectivity index (χ1n) is 9.81. The molecule has 158 valence electrons. The molecule has 2 atom stereocenters. The first kappa shape index (κ1) is 21.9. The van der Waals surface area contributed by atoms with Gasteiger partial charge in [-0.05, 0) is 56.7 Å². The number of aromatic nitrogens is 1. The highest BCUT2D eigenvalue weighted by Crippen LogP contribution is 2.31. The predicted octanol–water partition coefficient (Wildman–Crippen LogP) is 4.03. The summed E-state index contributed by atoms with van der Waals surface area (Å²) in [5.74, 6) is 0.613. The molecular formula is C22H26ClN5O2. The Kier molecular flexibility index (Phi) is 6.80. The van der Waals surface area contributed by atoms with E-state index in [1.807, 2.05) is 26.0 Å². The molecular weight excluding hydrogens is 402 g/mol. The summed E-state index contributed by atoms with van der Waals surface area (Å²) in [6.07, 6.45) is 2.38. The molecule has 7 nitrogen and oxygen atoms in total. The Morgan fingerprint density at radius 3 is 2.63 bits per heavy atom. The molecule has 0 bridgehead atoms. The normalized spacial score (nSPS) is 19.6. The third-order valence-corrected chi connectivity index (χ3v) is 5.72. The number of amides is 2. The van der Waals surface area contributed by atoms with Crippen molar-refractivity contribution in [1.29, 1.82) is 5.26 Å². The van der Waals surface area contributed by atoms with Gasteiger partial charge in [0.2, 0.25) is 0 Å². The Morgan fingerprint density at radius 2 is 2.03 bits per heavy atom. The van der Waals surface area contributed by atoms with Gasteiger partial charge in [0.15, 0.2) is 0 Å². The topological polar surface area (TPSA) is 90.3 Å². The molecule has 3 rings (SSSR count). The van der Waals surface area contributed by atoms with Gasteiger partial charge in [-0.3, -0.25) is 9.88 Å². The second-order valence-electron chi connectivity index (χ2n) is 7.85. The van der Waals surface area contributed by atoms with Gasteiger partial charge in [0.05, 0.1) is 19.4 Å². The number of ether oxygens (including phenoxy) is 1. The number of carbonyl (C=O) groups excluding carboxylic acids is 1. The van der Waals surface area contributed by atoms with Crippen molar-refractivity contribution in [1.82, 2.24) is 15.2 Å². The number of urea groups is 1. The number of benzene rings is 1. The summed E-state index contributed by atoms with van der Waals surface area (Å²) in [7, 11) is 1.60. The molecule has 30 heavy (non-hydrogen) atoms. The van der Waals surface area contributed by atoms with Crippen LogP contribution in [0.25, 0.3) is 0 Å². The van der Waals surface area contributed by atoms with E-state index in [4.69, 9.17) is 16.3 Å². The highest BCUT2D eigenvalue weighted by molar-refractivity contribution is 6.30. The second kappa shape index (κ2) is 9.33. The molecule has 2 N–H and O–H groups in total. The number of rotatable bonds is 5. The van der Waals surface area contributed by atoms with Gasteiger partial charge in [-0.25, -0.2) is 4.79 Å². The van der Waals surface area contributed by atoms with Gasteiger partial charge in [0.1, 0.15) is 11.3 Å². The number of piperidine rings is 1. The lowest BCUT2D eigenvalue weighted by Crippen LogP contribution is -2.55. The van der Waals surface area contributed by atoms with Gasteiger partial charge in [0.25, 0.3) is 0 Å². The number of nitriles is 1. The number of nitrogens with zero attached hydrogens (tertiary/aromatic N) is 3. The molecule has 2 unspecified atom stereocenters. The number of likely N-dealkylation sites (tertiary alicyclic amines) is 1. The van der Waals surface area contributed by atoms with E-state index in [0.717, 1.165) is 5.69 Å². The van der Waals surface area contributed by atoms with Gasteiger partial charge < -0.3 is 15.4 Å². The molecule has 1 aromatic heterocycles. The van der Waals surface area contributed by atoms with E-state index in [-0.39, 0.29) is 18.0 Å². The molecule has 0 spiro atoms. The minimum Gasteiger partial charge on any atom is -0.495 e. The van der Waals surface area contributed by atoms with E-state index in [0.29, 0.717) is 36.0 Å². The molecule has 2 heterocycles. The first-order valence-corrected chi connectivity index (χ1v) is 10.2. The average molecular weight is 428 g/mol. The summed E-state index contributed by atoms with van der Waals surface area (Å²) in [6.45, 7) is 5.14. The molecule has 8 heteroatoms. The van der Waals surface area contributed by atoms with Crippen LogP contribution < -0.4 is 15.4 Å². The summed E-state index contributed by atoms with van der Waals surface area (Å²) >= 11 is 5.90. The molecule has 1 aromatic carbocycles. The van der Waals surface area contributed by atoms with E-state index in [2.05, 4.69) is 26.6 Å². The zero-order valence-electron chi connectivity index (χ0n) is 17.4. The van der Waals surface area contributed by atoms with Crippen LogP contribution >= 0.6 is 11.6 Å². The summed E-state index contributed by atoms with van der Waals surface area (Å²) in [5, 5.41) is 16.1. The van der Waals surface area contributed by atoms with Gasteiger partial charge >= 0.3 is 6.03 Å². The van der Waals surface area contributed by atoms with E-state index in [9.17, 15) is 10.1 Å². The lowest BCUT2D eigenvalue weighted by atomic mass is 9.86. The summed E-state index contributed by atoms with van der Waals surface area (Å²) in [5.41, 5.74) is 0.923. The number of hydrogen-bond donors (Lipinski definition) is 2. The number of methoxy groups -OCH3 is 1. The van der Waals surface area contributed by atoms with Crippen LogP contribution in [0.15, 0.2) is 42.6 Å². The van der Waals surface area contributed by atoms with Crippen LogP contribution in [-0.4, -0.2) is 47.7 Å². The van der Waals surface area contributed by atoms with Gasteiger partial charge in [-0.15, -0.1) is 0 Å². The van der Waals surface area contributed by atoms with Crippen LogP contribution in [0.5, 0.6) is 5.75 Å². The Bertz CT molecular complexity index is 909. The summed E-state index contributed by atoms with van der Waals surface area (Å²) in [4.78, 5) is 19.3. The van der Waals surface area contributed by atoms with E-state index in [1.165, 1.54) is 0 Å². The first-order chi connectivity index (χ1) is 14.3. The number of nitrogens with one attached hydrogen (secondary N) is 2. The smallest absolute Gasteiger partial charge is 0.319 e. The SMILES string of the molecule is COc1ccc(C2CN(C(C)(C)C#N)CCC2NC(=O)Nc2ccc(Cl)cc2)nc1. The van der Waals surface area contributed by atoms with Crippen LogP contribution in [-0.2, 0) is 0 Å². The monoisotopic (exact) mass is 427 g/mol. The maximum Gasteiger partial charge on any atom is 0.319 e. The van der Waals surface area contributed by atoms with Crippen LogP contribution in [0.3, 0.4) is 0 Å². The van der Waals surface area contributed by atoms with Crippen LogP contribution in [0.2, 0.25) is 5.02 Å².